The highest BCUT2D eigenvalue weighted by molar-refractivity contribution is 9.10. The summed E-state index contributed by atoms with van der Waals surface area (Å²) >= 11 is 6.44. The molecule has 0 saturated heterocycles. The number of rotatable bonds is 3. The summed E-state index contributed by atoms with van der Waals surface area (Å²) in [6.07, 6.45) is 3.46. The van der Waals surface area contributed by atoms with Gasteiger partial charge in [0, 0.05) is 14.7 Å². The van der Waals surface area contributed by atoms with E-state index in [1.807, 2.05) is 35.0 Å². The Hall–Kier alpha value is -0.710. The van der Waals surface area contributed by atoms with Crippen molar-refractivity contribution >= 4 is 50.5 Å². The minimum absolute atomic E-state index is 0.0644. The van der Waals surface area contributed by atoms with E-state index in [-0.39, 0.29) is 5.78 Å². The molecule has 0 radical (unpaired) electrons. The molecule has 0 bridgehead atoms. The fraction of sp³-hybridized carbons (Fsp3) is 0. The van der Waals surface area contributed by atoms with Crippen molar-refractivity contribution in [1.82, 2.24) is 0 Å². The molecule has 0 unspecified atom stereocenters. The topological polar surface area (TPSA) is 17.1 Å². The van der Waals surface area contributed by atoms with Crippen LogP contribution in [0.25, 0.3) is 6.08 Å². The summed E-state index contributed by atoms with van der Waals surface area (Å²) in [6, 6.07) is 5.71. The van der Waals surface area contributed by atoms with Gasteiger partial charge < -0.3 is 0 Å². The summed E-state index contributed by atoms with van der Waals surface area (Å²) in [7, 11) is 0. The molecule has 15 heavy (non-hydrogen) atoms. The first-order valence-electron chi connectivity index (χ1n) is 4.25. The van der Waals surface area contributed by atoms with Crippen LogP contribution < -0.4 is 0 Å². The smallest absolute Gasteiger partial charge is 0.195 e. The average Bonchev–Trinajstić information content (AvgIpc) is 2.84. The highest BCUT2D eigenvalue weighted by Crippen LogP contribution is 2.21. The van der Waals surface area contributed by atoms with E-state index in [4.69, 9.17) is 0 Å². The van der Waals surface area contributed by atoms with E-state index in [1.165, 1.54) is 11.3 Å². The predicted octanol–water partition coefficient (Wildman–Crippen LogP) is 4.47. The molecule has 0 spiro atoms. The molecular weight excluding hydrogens is 292 g/mol. The molecule has 0 atom stereocenters. The normalized spacial score (nSPS) is 11.0. The third-order valence-corrected chi connectivity index (χ3v) is 4.29. The number of hydrogen-bond donors (Lipinski definition) is 0. The Morgan fingerprint density at radius 2 is 2.27 bits per heavy atom. The Kier molecular flexibility index (Phi) is 3.51. The molecule has 2 aromatic heterocycles. The second kappa shape index (κ2) is 4.88. The molecule has 2 aromatic rings. The van der Waals surface area contributed by atoms with E-state index in [9.17, 15) is 4.79 Å². The number of ketones is 1. The van der Waals surface area contributed by atoms with Crippen LogP contribution in [0.1, 0.15) is 14.5 Å². The van der Waals surface area contributed by atoms with Crippen LogP contribution in [0.2, 0.25) is 0 Å². The van der Waals surface area contributed by atoms with Crippen LogP contribution in [0.3, 0.4) is 0 Å². The first-order chi connectivity index (χ1) is 7.25. The van der Waals surface area contributed by atoms with Crippen molar-refractivity contribution in [2.75, 3.05) is 0 Å². The van der Waals surface area contributed by atoms with Gasteiger partial charge in [-0.25, -0.2) is 0 Å². The van der Waals surface area contributed by atoms with Crippen LogP contribution >= 0.6 is 38.6 Å². The van der Waals surface area contributed by atoms with E-state index in [0.717, 1.165) is 14.2 Å². The fourth-order valence-corrected chi connectivity index (χ4v) is 3.06. The second-order valence-corrected chi connectivity index (χ2v) is 5.65. The number of halogens is 1. The molecule has 76 valence electrons. The zero-order chi connectivity index (χ0) is 10.7. The quantitative estimate of drug-likeness (QED) is 0.604. The van der Waals surface area contributed by atoms with Gasteiger partial charge in [0.1, 0.15) is 0 Å². The van der Waals surface area contributed by atoms with Crippen molar-refractivity contribution < 1.29 is 4.79 Å². The molecule has 0 fully saturated rings. The molecule has 0 aliphatic rings. The van der Waals surface area contributed by atoms with Gasteiger partial charge in [-0.15, -0.1) is 22.7 Å². The monoisotopic (exact) mass is 298 g/mol. The van der Waals surface area contributed by atoms with Gasteiger partial charge in [0.2, 0.25) is 0 Å². The molecular formula is C11H7BrOS2. The molecule has 0 aromatic carbocycles. The van der Waals surface area contributed by atoms with Crippen molar-refractivity contribution in [2.24, 2.45) is 0 Å². The maximum atomic E-state index is 11.6. The first-order valence-corrected chi connectivity index (χ1v) is 6.81. The zero-order valence-corrected chi connectivity index (χ0v) is 10.9. The third kappa shape index (κ3) is 2.87. The van der Waals surface area contributed by atoms with E-state index in [2.05, 4.69) is 15.9 Å². The van der Waals surface area contributed by atoms with Crippen molar-refractivity contribution in [1.29, 1.82) is 0 Å². The summed E-state index contributed by atoms with van der Waals surface area (Å²) < 4.78 is 1.05. The lowest BCUT2D eigenvalue weighted by Crippen LogP contribution is -1.87. The maximum Gasteiger partial charge on any atom is 0.195 e. The van der Waals surface area contributed by atoms with Crippen LogP contribution in [-0.4, -0.2) is 5.78 Å². The van der Waals surface area contributed by atoms with Crippen LogP contribution in [0.5, 0.6) is 0 Å². The minimum atomic E-state index is 0.0644. The lowest BCUT2D eigenvalue weighted by molar-refractivity contribution is 0.105. The highest BCUT2D eigenvalue weighted by atomic mass is 79.9. The van der Waals surface area contributed by atoms with Crippen LogP contribution in [-0.2, 0) is 0 Å². The second-order valence-electron chi connectivity index (χ2n) is 2.84. The Labute approximate surface area is 104 Å². The van der Waals surface area contributed by atoms with Gasteiger partial charge in [-0.2, -0.15) is 0 Å². The molecule has 1 nitrogen and oxygen atoms in total. The summed E-state index contributed by atoms with van der Waals surface area (Å²) in [5.74, 6) is 0.0644. The molecule has 0 saturated carbocycles. The summed E-state index contributed by atoms with van der Waals surface area (Å²) in [5.41, 5.74) is 0. The van der Waals surface area contributed by atoms with Gasteiger partial charge in [-0.05, 0) is 45.6 Å². The zero-order valence-electron chi connectivity index (χ0n) is 7.64. The van der Waals surface area contributed by atoms with Crippen molar-refractivity contribution in [3.8, 4) is 0 Å². The first kappa shape index (κ1) is 10.8. The Morgan fingerprint density at radius 1 is 1.40 bits per heavy atom. The predicted molar refractivity (Wildman–Crippen MR) is 69.7 cm³/mol. The fourth-order valence-electron chi connectivity index (χ4n) is 1.07. The molecule has 0 aliphatic heterocycles. The van der Waals surface area contributed by atoms with E-state index in [0.29, 0.717) is 0 Å². The van der Waals surface area contributed by atoms with Crippen molar-refractivity contribution in [2.45, 2.75) is 0 Å². The van der Waals surface area contributed by atoms with Gasteiger partial charge in [0.15, 0.2) is 5.78 Å². The van der Waals surface area contributed by atoms with E-state index < -0.39 is 0 Å². The van der Waals surface area contributed by atoms with Crippen LogP contribution in [0, 0.1) is 0 Å². The lowest BCUT2D eigenvalue weighted by Gasteiger charge is -1.86. The number of thiophene rings is 2. The number of carbonyl (C=O) groups is 1. The molecule has 0 amide bonds. The van der Waals surface area contributed by atoms with E-state index >= 15 is 0 Å². The summed E-state index contributed by atoms with van der Waals surface area (Å²) in [5, 5.41) is 3.90. The Bertz CT molecular complexity index is 482. The average molecular weight is 299 g/mol. The van der Waals surface area contributed by atoms with Gasteiger partial charge in [-0.3, -0.25) is 4.79 Å². The molecule has 2 heterocycles. The van der Waals surface area contributed by atoms with Gasteiger partial charge in [-0.1, -0.05) is 6.07 Å². The van der Waals surface area contributed by atoms with Crippen LogP contribution in [0.4, 0.5) is 0 Å². The van der Waals surface area contributed by atoms with Crippen LogP contribution in [0.15, 0.2) is 39.5 Å². The lowest BCUT2D eigenvalue weighted by atomic mass is 10.3. The van der Waals surface area contributed by atoms with Gasteiger partial charge in [0.05, 0.1) is 4.88 Å². The third-order valence-electron chi connectivity index (χ3n) is 1.75. The summed E-state index contributed by atoms with van der Waals surface area (Å²) in [4.78, 5) is 13.5. The molecule has 0 N–H and O–H groups in total. The van der Waals surface area contributed by atoms with Crippen molar-refractivity contribution in [3.63, 3.8) is 0 Å². The minimum Gasteiger partial charge on any atom is -0.288 e. The standard InChI is InChI=1S/C11H7BrOS2/c12-8-6-9(15-7-8)3-4-10(13)11-2-1-5-14-11/h1-7H/b4-3+. The number of allylic oxidation sites excluding steroid dienone is 1. The summed E-state index contributed by atoms with van der Waals surface area (Å²) in [6.45, 7) is 0. The van der Waals surface area contributed by atoms with Crippen molar-refractivity contribution in [3.05, 3.63) is 49.3 Å². The Morgan fingerprint density at radius 3 is 2.87 bits per heavy atom. The molecule has 2 rings (SSSR count). The molecule has 0 aliphatic carbocycles. The SMILES string of the molecule is O=C(/C=C/c1cc(Br)cs1)c1cccs1. The number of hydrogen-bond acceptors (Lipinski definition) is 3. The number of carbonyl (C=O) groups excluding carboxylic acids is 1. The highest BCUT2D eigenvalue weighted by Gasteiger charge is 2.01. The molecule has 4 heteroatoms. The maximum absolute atomic E-state index is 11.6. The van der Waals surface area contributed by atoms with Gasteiger partial charge in [0.25, 0.3) is 0 Å². The van der Waals surface area contributed by atoms with E-state index in [1.54, 1.807) is 17.4 Å². The Balaban J connectivity index is 2.09. The van der Waals surface area contributed by atoms with Gasteiger partial charge >= 0.3 is 0 Å². The largest absolute Gasteiger partial charge is 0.288 e.